The molecule has 0 fully saturated rings. The number of carbonyl (C=O) groups excluding carboxylic acids is 3. The molecule has 3 N–H and O–H groups in total. The van der Waals surface area contributed by atoms with Crippen LogP contribution in [0, 0.1) is 6.92 Å². The quantitative estimate of drug-likeness (QED) is 0.775. The van der Waals surface area contributed by atoms with Crippen molar-refractivity contribution in [2.24, 2.45) is 5.73 Å². The first-order chi connectivity index (χ1) is 9.42. The number of nitrogens with two attached hydrogens (primary N) is 1. The number of rotatable bonds is 5. The van der Waals surface area contributed by atoms with Crippen LogP contribution in [0.5, 0.6) is 0 Å². The summed E-state index contributed by atoms with van der Waals surface area (Å²) in [5, 5.41) is 0. The van der Waals surface area contributed by atoms with E-state index in [1.54, 1.807) is 20.8 Å². The molecule has 0 radical (unpaired) electrons. The van der Waals surface area contributed by atoms with E-state index in [1.807, 2.05) is 0 Å². The van der Waals surface area contributed by atoms with Gasteiger partial charge in [-0.2, -0.15) is 0 Å². The Kier molecular flexibility index (Phi) is 5.13. The van der Waals surface area contributed by atoms with Crippen LogP contribution < -0.4 is 11.2 Å². The number of urea groups is 1. The van der Waals surface area contributed by atoms with Crippen LogP contribution in [0.2, 0.25) is 0 Å². The zero-order chi connectivity index (χ0) is 15.3. The Morgan fingerprint density at radius 1 is 1.20 bits per heavy atom. The van der Waals surface area contributed by atoms with Gasteiger partial charge in [0, 0.05) is 5.69 Å². The molecular formula is C12H17N3O5. The number of nitrogens with zero attached hydrogens (tertiary/aromatic N) is 1. The molecule has 0 aliphatic heterocycles. The van der Waals surface area contributed by atoms with Crippen molar-refractivity contribution in [2.75, 3.05) is 18.6 Å². The molecule has 0 aromatic carbocycles. The normalized spacial score (nSPS) is 9.95. The third kappa shape index (κ3) is 3.28. The van der Waals surface area contributed by atoms with Crippen molar-refractivity contribution in [2.45, 2.75) is 20.8 Å². The minimum atomic E-state index is -0.871. The summed E-state index contributed by atoms with van der Waals surface area (Å²) in [6.07, 6.45) is 0. The van der Waals surface area contributed by atoms with Gasteiger partial charge in [-0.1, -0.05) is 0 Å². The first-order valence-corrected chi connectivity index (χ1v) is 6.05. The van der Waals surface area contributed by atoms with Gasteiger partial charge in [-0.15, -0.1) is 0 Å². The number of amides is 2. The van der Waals surface area contributed by atoms with Crippen molar-refractivity contribution >= 4 is 18.0 Å². The van der Waals surface area contributed by atoms with Crippen molar-refractivity contribution in [1.82, 2.24) is 4.68 Å². The number of carbonyl (C=O) groups is 3. The maximum atomic E-state index is 11.9. The number of hydrogen-bond donors (Lipinski definition) is 2. The topological polar surface area (TPSA) is 113 Å². The highest BCUT2D eigenvalue weighted by molar-refractivity contribution is 6.03. The highest BCUT2D eigenvalue weighted by Gasteiger charge is 2.26. The molecule has 1 aromatic heterocycles. The van der Waals surface area contributed by atoms with E-state index in [4.69, 9.17) is 15.2 Å². The van der Waals surface area contributed by atoms with Gasteiger partial charge in [0.25, 0.3) is 0 Å². The molecule has 0 saturated heterocycles. The van der Waals surface area contributed by atoms with E-state index in [1.165, 1.54) is 6.07 Å². The Morgan fingerprint density at radius 2 is 1.75 bits per heavy atom. The Morgan fingerprint density at radius 3 is 2.25 bits per heavy atom. The maximum absolute atomic E-state index is 11.9. The zero-order valence-corrected chi connectivity index (χ0v) is 11.6. The molecule has 0 saturated carbocycles. The molecule has 20 heavy (non-hydrogen) atoms. The molecule has 0 aliphatic carbocycles. The minimum absolute atomic E-state index is 0.0107. The first kappa shape index (κ1) is 15.5. The molecule has 2 amide bonds. The molecule has 8 heteroatoms. The van der Waals surface area contributed by atoms with Gasteiger partial charge in [-0.3, -0.25) is 0 Å². The summed E-state index contributed by atoms with van der Waals surface area (Å²) in [5.74, 6) is -1.43. The van der Waals surface area contributed by atoms with E-state index in [2.05, 4.69) is 5.43 Å². The first-order valence-electron chi connectivity index (χ1n) is 6.05. The predicted octanol–water partition coefficient (Wildman–Crippen LogP) is 0.772. The largest absolute Gasteiger partial charge is 0.462 e. The average Bonchev–Trinajstić information content (AvgIpc) is 2.67. The number of esters is 2. The summed E-state index contributed by atoms with van der Waals surface area (Å²) < 4.78 is 10.8. The predicted molar refractivity (Wildman–Crippen MR) is 70.0 cm³/mol. The minimum Gasteiger partial charge on any atom is -0.462 e. The molecule has 0 aliphatic rings. The van der Waals surface area contributed by atoms with E-state index in [0.29, 0.717) is 5.69 Å². The van der Waals surface area contributed by atoms with Gasteiger partial charge in [0.2, 0.25) is 0 Å². The summed E-state index contributed by atoms with van der Waals surface area (Å²) in [6.45, 7) is 5.16. The highest BCUT2D eigenvalue weighted by atomic mass is 16.5. The van der Waals surface area contributed by atoms with Gasteiger partial charge in [-0.05, 0) is 26.8 Å². The van der Waals surface area contributed by atoms with Crippen LogP contribution >= 0.6 is 0 Å². The smallest absolute Gasteiger partial charge is 0.357 e. The number of aromatic nitrogens is 1. The molecule has 0 bridgehead atoms. The van der Waals surface area contributed by atoms with Crippen molar-refractivity contribution in [1.29, 1.82) is 0 Å². The average molecular weight is 283 g/mol. The highest BCUT2D eigenvalue weighted by Crippen LogP contribution is 2.17. The molecule has 0 unspecified atom stereocenters. The summed E-state index contributed by atoms with van der Waals surface area (Å²) in [7, 11) is 0. The summed E-state index contributed by atoms with van der Waals surface area (Å²) >= 11 is 0. The van der Waals surface area contributed by atoms with E-state index < -0.39 is 18.0 Å². The maximum Gasteiger partial charge on any atom is 0.357 e. The van der Waals surface area contributed by atoms with Crippen molar-refractivity contribution in [3.8, 4) is 0 Å². The summed E-state index contributed by atoms with van der Waals surface area (Å²) in [4.78, 5) is 34.8. The Labute approximate surface area is 115 Å². The van der Waals surface area contributed by atoms with Crippen LogP contribution in [-0.4, -0.2) is 35.9 Å². The Bertz CT molecular complexity index is 535. The van der Waals surface area contributed by atoms with Crippen molar-refractivity contribution in [3.05, 3.63) is 23.0 Å². The third-order valence-corrected chi connectivity index (χ3v) is 2.37. The van der Waals surface area contributed by atoms with Crippen LogP contribution in [0.1, 0.15) is 40.4 Å². The van der Waals surface area contributed by atoms with E-state index in [0.717, 1.165) is 4.68 Å². The van der Waals surface area contributed by atoms with Gasteiger partial charge < -0.3 is 15.2 Å². The van der Waals surface area contributed by atoms with Crippen LogP contribution in [0.4, 0.5) is 4.79 Å². The van der Waals surface area contributed by atoms with E-state index in [9.17, 15) is 14.4 Å². The number of ether oxygens (including phenoxy) is 2. The lowest BCUT2D eigenvalue weighted by atomic mass is 10.2. The monoisotopic (exact) mass is 283 g/mol. The fourth-order valence-corrected chi connectivity index (χ4v) is 1.66. The van der Waals surface area contributed by atoms with Crippen LogP contribution in [-0.2, 0) is 9.47 Å². The van der Waals surface area contributed by atoms with Crippen molar-refractivity contribution in [3.63, 3.8) is 0 Å². The van der Waals surface area contributed by atoms with Crippen LogP contribution in [0.15, 0.2) is 6.07 Å². The Balaban J connectivity index is 3.33. The van der Waals surface area contributed by atoms with Gasteiger partial charge >= 0.3 is 18.0 Å². The van der Waals surface area contributed by atoms with E-state index >= 15 is 0 Å². The zero-order valence-electron chi connectivity index (χ0n) is 11.6. The molecule has 110 valence electrons. The molecule has 8 nitrogen and oxygen atoms in total. The summed E-state index contributed by atoms with van der Waals surface area (Å²) in [5.41, 5.74) is 7.61. The van der Waals surface area contributed by atoms with E-state index in [-0.39, 0.29) is 24.5 Å². The SMILES string of the molecule is CCOC(=O)c1cc(C)n(NC(N)=O)c1C(=O)OCC. The lowest BCUT2D eigenvalue weighted by Crippen LogP contribution is -2.32. The number of primary amides is 1. The Hall–Kier alpha value is -2.51. The standard InChI is InChI=1S/C12H17N3O5/c1-4-19-10(16)8-6-7(3)15(14-12(13)18)9(8)11(17)20-5-2/h6H,4-5H2,1-3H3,(H3,13,14,18). The molecule has 0 atom stereocenters. The van der Waals surface area contributed by atoms with Crippen LogP contribution in [0.3, 0.4) is 0 Å². The fraction of sp³-hybridized carbons (Fsp3) is 0.417. The summed E-state index contributed by atoms with van der Waals surface area (Å²) in [6, 6.07) is 0.546. The van der Waals surface area contributed by atoms with Gasteiger partial charge in [0.1, 0.15) is 0 Å². The molecular weight excluding hydrogens is 266 g/mol. The molecule has 1 heterocycles. The van der Waals surface area contributed by atoms with Gasteiger partial charge in [0.05, 0.1) is 18.8 Å². The van der Waals surface area contributed by atoms with Gasteiger partial charge in [-0.25, -0.2) is 24.5 Å². The molecule has 1 aromatic rings. The number of hydrogen-bond acceptors (Lipinski definition) is 5. The second-order valence-electron chi connectivity index (χ2n) is 3.80. The molecule has 1 rings (SSSR count). The van der Waals surface area contributed by atoms with Crippen molar-refractivity contribution < 1.29 is 23.9 Å². The lowest BCUT2D eigenvalue weighted by molar-refractivity contribution is 0.0472. The number of aryl methyl sites for hydroxylation is 1. The number of nitrogens with one attached hydrogen (secondary N) is 1. The fourth-order valence-electron chi connectivity index (χ4n) is 1.66. The second kappa shape index (κ2) is 6.60. The van der Waals surface area contributed by atoms with Crippen LogP contribution in [0.25, 0.3) is 0 Å². The van der Waals surface area contributed by atoms with Gasteiger partial charge in [0.15, 0.2) is 5.69 Å². The third-order valence-electron chi connectivity index (χ3n) is 2.37. The molecule has 0 spiro atoms. The lowest BCUT2D eigenvalue weighted by Gasteiger charge is -2.11. The second-order valence-corrected chi connectivity index (χ2v) is 3.80.